The maximum absolute atomic E-state index is 11.4. The van der Waals surface area contributed by atoms with Gasteiger partial charge in [-0.05, 0) is 18.3 Å². The van der Waals surface area contributed by atoms with Crippen LogP contribution < -0.4 is 5.32 Å². The Kier molecular flexibility index (Phi) is 7.61. The number of rotatable bonds is 9. The predicted molar refractivity (Wildman–Crippen MR) is 70.9 cm³/mol. The van der Waals surface area contributed by atoms with Gasteiger partial charge in [-0.15, -0.1) is 11.6 Å². The highest BCUT2D eigenvalue weighted by molar-refractivity contribution is 7.91. The average Bonchev–Trinajstić information content (AvgIpc) is 2.12. The molecule has 98 valence electrons. The molecule has 0 aromatic heterocycles. The zero-order valence-corrected chi connectivity index (χ0v) is 12.1. The van der Waals surface area contributed by atoms with Crippen LogP contribution >= 0.6 is 11.6 Å². The molecular formula is C11H24ClNO2S. The molecule has 1 N–H and O–H groups in total. The van der Waals surface area contributed by atoms with E-state index < -0.39 is 9.84 Å². The third-order valence-electron chi connectivity index (χ3n) is 2.48. The van der Waals surface area contributed by atoms with E-state index in [1.165, 1.54) is 0 Å². The summed E-state index contributed by atoms with van der Waals surface area (Å²) in [5.41, 5.74) is 0.135. The Morgan fingerprint density at radius 3 is 2.38 bits per heavy atom. The van der Waals surface area contributed by atoms with Crippen molar-refractivity contribution < 1.29 is 8.42 Å². The van der Waals surface area contributed by atoms with E-state index in [1.54, 1.807) is 0 Å². The summed E-state index contributed by atoms with van der Waals surface area (Å²) in [6, 6.07) is 0. The fraction of sp³-hybridized carbons (Fsp3) is 1.00. The lowest BCUT2D eigenvalue weighted by Crippen LogP contribution is -2.33. The van der Waals surface area contributed by atoms with Gasteiger partial charge in [0.05, 0.1) is 5.75 Å². The number of halogens is 1. The minimum atomic E-state index is -2.85. The second-order valence-corrected chi connectivity index (χ2v) is 7.61. The van der Waals surface area contributed by atoms with Gasteiger partial charge < -0.3 is 5.32 Å². The fourth-order valence-electron chi connectivity index (χ4n) is 1.41. The zero-order chi connectivity index (χ0) is 12.7. The summed E-state index contributed by atoms with van der Waals surface area (Å²) in [5.74, 6) is 1.17. The van der Waals surface area contributed by atoms with Crippen LogP contribution in [0, 0.1) is 5.41 Å². The van der Waals surface area contributed by atoms with Crippen LogP contribution in [-0.2, 0) is 9.84 Å². The van der Waals surface area contributed by atoms with Crippen molar-refractivity contribution in [3.05, 3.63) is 0 Å². The molecule has 16 heavy (non-hydrogen) atoms. The highest BCUT2D eigenvalue weighted by Crippen LogP contribution is 2.19. The number of hydrogen-bond acceptors (Lipinski definition) is 3. The molecule has 0 fully saturated rings. The molecule has 0 spiro atoms. The highest BCUT2D eigenvalue weighted by atomic mass is 35.5. The molecule has 0 aliphatic heterocycles. The van der Waals surface area contributed by atoms with Crippen LogP contribution in [0.25, 0.3) is 0 Å². The van der Waals surface area contributed by atoms with Crippen molar-refractivity contribution in [3.63, 3.8) is 0 Å². The molecular weight excluding hydrogens is 246 g/mol. The quantitative estimate of drug-likeness (QED) is 0.515. The molecule has 3 nitrogen and oxygen atoms in total. The maximum Gasteiger partial charge on any atom is 0.151 e. The van der Waals surface area contributed by atoms with Crippen molar-refractivity contribution >= 4 is 21.4 Å². The van der Waals surface area contributed by atoms with Crippen molar-refractivity contribution in [1.29, 1.82) is 0 Å². The van der Waals surface area contributed by atoms with E-state index in [-0.39, 0.29) is 11.2 Å². The Balaban J connectivity index is 3.76. The van der Waals surface area contributed by atoms with Crippen LogP contribution in [-0.4, -0.2) is 38.9 Å². The van der Waals surface area contributed by atoms with Gasteiger partial charge in [-0.3, -0.25) is 0 Å². The van der Waals surface area contributed by atoms with E-state index in [4.69, 9.17) is 11.6 Å². The van der Waals surface area contributed by atoms with Gasteiger partial charge in [0.15, 0.2) is 9.84 Å². The topological polar surface area (TPSA) is 46.2 Å². The van der Waals surface area contributed by atoms with Gasteiger partial charge in [-0.2, -0.15) is 0 Å². The minimum Gasteiger partial charge on any atom is -0.315 e. The van der Waals surface area contributed by atoms with E-state index >= 15 is 0 Å². The summed E-state index contributed by atoms with van der Waals surface area (Å²) in [6.45, 7) is 7.48. The van der Waals surface area contributed by atoms with Gasteiger partial charge in [0.1, 0.15) is 0 Å². The molecule has 0 unspecified atom stereocenters. The molecule has 5 heteroatoms. The molecule has 0 rings (SSSR count). The smallest absolute Gasteiger partial charge is 0.151 e. The van der Waals surface area contributed by atoms with Crippen LogP contribution in [0.3, 0.4) is 0 Å². The number of alkyl halides is 1. The zero-order valence-electron chi connectivity index (χ0n) is 10.6. The summed E-state index contributed by atoms with van der Waals surface area (Å²) in [4.78, 5) is 0. The summed E-state index contributed by atoms with van der Waals surface area (Å²) in [7, 11) is -2.85. The van der Waals surface area contributed by atoms with E-state index in [0.717, 1.165) is 13.0 Å². The van der Waals surface area contributed by atoms with Crippen LogP contribution in [0.1, 0.15) is 33.6 Å². The summed E-state index contributed by atoms with van der Waals surface area (Å²) < 4.78 is 22.8. The molecule has 0 aliphatic rings. The minimum absolute atomic E-state index is 0.135. The Morgan fingerprint density at radius 2 is 1.88 bits per heavy atom. The van der Waals surface area contributed by atoms with Gasteiger partial charge in [-0.25, -0.2) is 8.42 Å². The average molecular weight is 270 g/mol. The normalized spacial score (nSPS) is 13.0. The molecule has 0 saturated carbocycles. The first-order valence-corrected chi connectivity index (χ1v) is 8.16. The fourth-order valence-corrected chi connectivity index (χ4v) is 3.20. The monoisotopic (exact) mass is 269 g/mol. The Morgan fingerprint density at radius 1 is 1.25 bits per heavy atom. The third-order valence-corrected chi connectivity index (χ3v) is 4.53. The van der Waals surface area contributed by atoms with Gasteiger partial charge in [0.25, 0.3) is 0 Å². The van der Waals surface area contributed by atoms with Crippen LogP contribution in [0.4, 0.5) is 0 Å². The van der Waals surface area contributed by atoms with E-state index in [0.29, 0.717) is 24.6 Å². The van der Waals surface area contributed by atoms with Gasteiger partial charge in [0.2, 0.25) is 0 Å². The van der Waals surface area contributed by atoms with Crippen LogP contribution in [0.15, 0.2) is 0 Å². The Labute approximate surface area is 105 Å². The SMILES string of the molecule is CCCS(=O)(=O)CCNCC(C)(C)CCCl. The summed E-state index contributed by atoms with van der Waals surface area (Å²) in [5, 5.41) is 3.19. The van der Waals surface area contributed by atoms with Crippen molar-refractivity contribution in [1.82, 2.24) is 5.32 Å². The largest absolute Gasteiger partial charge is 0.315 e. The first kappa shape index (κ1) is 16.2. The molecule has 0 amide bonds. The van der Waals surface area contributed by atoms with Crippen molar-refractivity contribution in [3.8, 4) is 0 Å². The van der Waals surface area contributed by atoms with E-state index in [1.807, 2.05) is 6.92 Å². The number of nitrogens with one attached hydrogen (secondary N) is 1. The Hall–Kier alpha value is 0.200. The van der Waals surface area contributed by atoms with Gasteiger partial charge in [-0.1, -0.05) is 20.8 Å². The van der Waals surface area contributed by atoms with Crippen LogP contribution in [0.2, 0.25) is 0 Å². The molecule has 0 aromatic carbocycles. The lowest BCUT2D eigenvalue weighted by atomic mass is 9.90. The summed E-state index contributed by atoms with van der Waals surface area (Å²) >= 11 is 5.69. The molecule has 0 aliphatic carbocycles. The summed E-state index contributed by atoms with van der Waals surface area (Å²) in [6.07, 6.45) is 1.63. The lowest BCUT2D eigenvalue weighted by molar-refractivity contribution is 0.334. The van der Waals surface area contributed by atoms with Gasteiger partial charge in [0, 0.05) is 24.7 Å². The standard InChI is InChI=1S/C11H24ClNO2S/c1-4-8-16(14,15)9-7-13-10-11(2,3)5-6-12/h13H,4-10H2,1-3H3. The molecule has 0 atom stereocenters. The first-order valence-electron chi connectivity index (χ1n) is 5.80. The third kappa shape index (κ3) is 8.36. The number of sulfone groups is 1. The Bertz CT molecular complexity index is 276. The van der Waals surface area contributed by atoms with Crippen LogP contribution in [0.5, 0.6) is 0 Å². The molecule has 0 aromatic rings. The number of hydrogen-bond donors (Lipinski definition) is 1. The van der Waals surface area contributed by atoms with Crippen molar-refractivity contribution in [2.24, 2.45) is 5.41 Å². The molecule has 0 radical (unpaired) electrons. The van der Waals surface area contributed by atoms with Crippen molar-refractivity contribution in [2.75, 3.05) is 30.5 Å². The highest BCUT2D eigenvalue weighted by Gasteiger charge is 2.16. The van der Waals surface area contributed by atoms with E-state index in [9.17, 15) is 8.42 Å². The molecule has 0 heterocycles. The van der Waals surface area contributed by atoms with E-state index in [2.05, 4.69) is 19.2 Å². The molecule has 0 bridgehead atoms. The predicted octanol–water partition coefficient (Wildman–Crippen LogP) is 2.06. The first-order chi connectivity index (χ1) is 7.33. The second kappa shape index (κ2) is 7.51. The second-order valence-electron chi connectivity index (χ2n) is 4.93. The lowest BCUT2D eigenvalue weighted by Gasteiger charge is -2.23. The maximum atomic E-state index is 11.4. The van der Waals surface area contributed by atoms with Crippen molar-refractivity contribution in [2.45, 2.75) is 33.6 Å². The van der Waals surface area contributed by atoms with Gasteiger partial charge >= 0.3 is 0 Å². The molecule has 0 saturated heterocycles.